The fourth-order valence-corrected chi connectivity index (χ4v) is 1.49. The van der Waals surface area contributed by atoms with Gasteiger partial charge in [0, 0.05) is 12.5 Å². The van der Waals surface area contributed by atoms with Crippen LogP contribution >= 0.6 is 15.9 Å². The Morgan fingerprint density at radius 2 is 2.00 bits per heavy atom. The maximum absolute atomic E-state index is 11.8. The van der Waals surface area contributed by atoms with Gasteiger partial charge in [0.2, 0.25) is 0 Å². The lowest BCUT2D eigenvalue weighted by Crippen LogP contribution is -2.28. The van der Waals surface area contributed by atoms with Crippen LogP contribution in [0.2, 0.25) is 0 Å². The highest BCUT2D eigenvalue weighted by atomic mass is 79.9. The van der Waals surface area contributed by atoms with Crippen LogP contribution in [0.3, 0.4) is 0 Å². The molecule has 4 N–H and O–H groups in total. The fraction of sp³-hybridized carbons (Fsp3) is 0.417. The van der Waals surface area contributed by atoms with Crippen LogP contribution in [0.25, 0.3) is 0 Å². The van der Waals surface area contributed by atoms with Crippen LogP contribution in [0.15, 0.2) is 18.2 Å². The van der Waals surface area contributed by atoms with Crippen molar-refractivity contribution < 1.29 is 15.0 Å². The molecule has 0 amide bonds. The number of ketones is 1. The van der Waals surface area contributed by atoms with Gasteiger partial charge >= 0.3 is 0 Å². The molecular formula is C12H16BrNO3. The van der Waals surface area contributed by atoms with Crippen molar-refractivity contribution in [3.05, 3.63) is 23.8 Å². The van der Waals surface area contributed by atoms with Crippen molar-refractivity contribution in [2.24, 2.45) is 5.73 Å². The zero-order valence-corrected chi connectivity index (χ0v) is 11.4. The number of aromatic hydroxyl groups is 2. The standard InChI is InChI=1S/C12H16BrNO3/c1-12(2,13)11(17)6-8(14)7-3-4-9(15)10(16)5-7/h3-5,8,15-16H,6,14H2,1-2H3. The van der Waals surface area contributed by atoms with Crippen molar-refractivity contribution in [3.63, 3.8) is 0 Å². The quantitative estimate of drug-likeness (QED) is 0.588. The number of halogens is 1. The van der Waals surface area contributed by atoms with E-state index in [1.54, 1.807) is 19.9 Å². The van der Waals surface area contributed by atoms with Crippen LogP contribution in [0.5, 0.6) is 11.5 Å². The Labute approximate surface area is 109 Å². The molecule has 0 saturated heterocycles. The van der Waals surface area contributed by atoms with Crippen LogP contribution in [-0.4, -0.2) is 20.3 Å². The van der Waals surface area contributed by atoms with E-state index in [4.69, 9.17) is 5.73 Å². The van der Waals surface area contributed by atoms with Gasteiger partial charge in [0.25, 0.3) is 0 Å². The SMILES string of the molecule is CC(C)(Br)C(=O)CC(N)c1ccc(O)c(O)c1. The molecular weight excluding hydrogens is 286 g/mol. The Kier molecular flexibility index (Phi) is 4.16. The Morgan fingerprint density at radius 3 is 2.47 bits per heavy atom. The zero-order chi connectivity index (χ0) is 13.2. The smallest absolute Gasteiger partial charge is 0.157 e. The van der Waals surface area contributed by atoms with E-state index in [0.717, 1.165) is 0 Å². The van der Waals surface area contributed by atoms with E-state index >= 15 is 0 Å². The molecule has 5 heteroatoms. The second kappa shape index (κ2) is 5.06. The lowest BCUT2D eigenvalue weighted by Gasteiger charge is -2.18. The Bertz CT molecular complexity index is 426. The molecule has 0 spiro atoms. The highest BCUT2D eigenvalue weighted by Crippen LogP contribution is 2.29. The normalized spacial score (nSPS) is 13.4. The molecule has 0 aliphatic heterocycles. The summed E-state index contributed by atoms with van der Waals surface area (Å²) in [5, 5.41) is 18.5. The first-order valence-electron chi connectivity index (χ1n) is 5.21. The Hall–Kier alpha value is -1.07. The Balaban J connectivity index is 2.80. The van der Waals surface area contributed by atoms with Crippen molar-refractivity contribution >= 4 is 21.7 Å². The van der Waals surface area contributed by atoms with Gasteiger partial charge < -0.3 is 15.9 Å². The molecule has 0 saturated carbocycles. The maximum Gasteiger partial charge on any atom is 0.157 e. The van der Waals surface area contributed by atoms with Gasteiger partial charge in [-0.2, -0.15) is 0 Å². The summed E-state index contributed by atoms with van der Waals surface area (Å²) >= 11 is 3.28. The number of rotatable bonds is 4. The maximum atomic E-state index is 11.8. The summed E-state index contributed by atoms with van der Waals surface area (Å²) in [5.74, 6) is -0.450. The van der Waals surface area contributed by atoms with Gasteiger partial charge in [0.15, 0.2) is 17.3 Å². The number of phenols is 2. The minimum atomic E-state index is -0.608. The van der Waals surface area contributed by atoms with Gasteiger partial charge in [-0.3, -0.25) is 4.79 Å². The molecule has 1 unspecified atom stereocenters. The number of hydrogen-bond donors (Lipinski definition) is 3. The third-order valence-corrected chi connectivity index (χ3v) is 2.94. The molecule has 4 nitrogen and oxygen atoms in total. The van der Waals surface area contributed by atoms with Crippen molar-refractivity contribution in [1.82, 2.24) is 0 Å². The zero-order valence-electron chi connectivity index (χ0n) is 9.77. The predicted octanol–water partition coefficient (Wildman–Crippen LogP) is 2.23. The monoisotopic (exact) mass is 301 g/mol. The van der Waals surface area contributed by atoms with Gasteiger partial charge in [-0.1, -0.05) is 22.0 Å². The highest BCUT2D eigenvalue weighted by molar-refractivity contribution is 9.10. The summed E-state index contributed by atoms with van der Waals surface area (Å²) in [5.41, 5.74) is 6.49. The van der Waals surface area contributed by atoms with Crippen LogP contribution in [0.1, 0.15) is 31.9 Å². The molecule has 1 atom stereocenters. The second-order valence-electron chi connectivity index (χ2n) is 4.45. The van der Waals surface area contributed by atoms with E-state index in [2.05, 4.69) is 15.9 Å². The number of alkyl halides is 1. The fourth-order valence-electron chi connectivity index (χ4n) is 1.33. The van der Waals surface area contributed by atoms with Crippen LogP contribution in [0, 0.1) is 0 Å². The Morgan fingerprint density at radius 1 is 1.41 bits per heavy atom. The van der Waals surface area contributed by atoms with Gasteiger partial charge in [0.05, 0.1) is 4.32 Å². The van der Waals surface area contributed by atoms with Crippen molar-refractivity contribution in [2.75, 3.05) is 0 Å². The number of Topliss-reactive ketones (excluding diaryl/α,β-unsaturated/α-hetero) is 1. The first-order valence-corrected chi connectivity index (χ1v) is 6.01. The summed E-state index contributed by atoms with van der Waals surface area (Å²) in [4.78, 5) is 11.8. The van der Waals surface area contributed by atoms with Crippen LogP contribution in [0.4, 0.5) is 0 Å². The minimum Gasteiger partial charge on any atom is -0.504 e. The van der Waals surface area contributed by atoms with Gasteiger partial charge in [-0.25, -0.2) is 0 Å². The van der Waals surface area contributed by atoms with E-state index in [1.807, 2.05) is 0 Å². The number of carbonyl (C=O) groups is 1. The van der Waals surface area contributed by atoms with Crippen LogP contribution in [-0.2, 0) is 4.79 Å². The molecule has 1 aromatic carbocycles. The molecule has 1 rings (SSSR count). The average molecular weight is 302 g/mol. The van der Waals surface area contributed by atoms with Crippen molar-refractivity contribution in [1.29, 1.82) is 0 Å². The molecule has 0 aliphatic carbocycles. The molecule has 94 valence electrons. The topological polar surface area (TPSA) is 83.6 Å². The lowest BCUT2D eigenvalue weighted by molar-refractivity contribution is -0.120. The second-order valence-corrected chi connectivity index (χ2v) is 6.44. The molecule has 0 fully saturated rings. The molecule has 17 heavy (non-hydrogen) atoms. The summed E-state index contributed by atoms with van der Waals surface area (Å²) in [6.45, 7) is 3.52. The molecule has 0 aromatic heterocycles. The molecule has 1 aromatic rings. The predicted molar refractivity (Wildman–Crippen MR) is 69.3 cm³/mol. The minimum absolute atomic E-state index is 0.0161. The number of nitrogens with two attached hydrogens (primary N) is 1. The van der Waals surface area contributed by atoms with Crippen molar-refractivity contribution in [3.8, 4) is 11.5 Å². The van der Waals surface area contributed by atoms with E-state index in [0.29, 0.717) is 5.56 Å². The van der Waals surface area contributed by atoms with E-state index in [-0.39, 0.29) is 23.7 Å². The molecule has 0 heterocycles. The largest absolute Gasteiger partial charge is 0.504 e. The van der Waals surface area contributed by atoms with Crippen LogP contribution < -0.4 is 5.73 Å². The van der Waals surface area contributed by atoms with E-state index in [1.165, 1.54) is 12.1 Å². The molecule has 0 radical (unpaired) electrons. The summed E-state index contributed by atoms with van der Waals surface area (Å²) < 4.78 is -0.608. The first-order chi connectivity index (χ1) is 7.71. The van der Waals surface area contributed by atoms with E-state index in [9.17, 15) is 15.0 Å². The summed E-state index contributed by atoms with van der Waals surface area (Å²) in [6, 6.07) is 3.82. The number of benzene rings is 1. The number of carbonyl (C=O) groups excluding carboxylic acids is 1. The van der Waals surface area contributed by atoms with Gasteiger partial charge in [0.1, 0.15) is 0 Å². The summed E-state index contributed by atoms with van der Waals surface area (Å²) in [7, 11) is 0. The number of phenolic OH excluding ortho intramolecular Hbond substituents is 2. The highest BCUT2D eigenvalue weighted by Gasteiger charge is 2.25. The molecule has 0 bridgehead atoms. The van der Waals surface area contributed by atoms with Crippen molar-refractivity contribution in [2.45, 2.75) is 30.6 Å². The lowest BCUT2D eigenvalue weighted by atomic mass is 9.97. The van der Waals surface area contributed by atoms with E-state index < -0.39 is 10.4 Å². The first kappa shape index (κ1) is 14.0. The third kappa shape index (κ3) is 3.71. The molecule has 0 aliphatic rings. The van der Waals surface area contributed by atoms with Gasteiger partial charge in [-0.05, 0) is 31.5 Å². The average Bonchev–Trinajstić information content (AvgIpc) is 2.20. The van der Waals surface area contributed by atoms with Gasteiger partial charge in [-0.15, -0.1) is 0 Å². The summed E-state index contributed by atoms with van der Waals surface area (Å²) in [6.07, 6.45) is 0.169. The number of hydrogen-bond acceptors (Lipinski definition) is 4. The third-order valence-electron chi connectivity index (χ3n) is 2.50.